The van der Waals surface area contributed by atoms with Gasteiger partial charge in [-0.1, -0.05) is 26.0 Å². The second-order valence-corrected chi connectivity index (χ2v) is 7.04. The first-order valence-corrected chi connectivity index (χ1v) is 10.4. The number of hydrogen-bond acceptors (Lipinski definition) is 4. The number of unbranched alkanes of at least 4 members (excludes halogenated alkanes) is 1. The summed E-state index contributed by atoms with van der Waals surface area (Å²) < 4.78 is 0. The van der Waals surface area contributed by atoms with Crippen molar-refractivity contribution >= 4 is 0 Å². The van der Waals surface area contributed by atoms with E-state index in [1.807, 2.05) is 38.4 Å². The first kappa shape index (κ1) is 21.5. The highest BCUT2D eigenvalue weighted by Gasteiger charge is 2.34. The maximum atomic E-state index is 9.21. The largest absolute Gasteiger partial charge is 0.396 e. The van der Waals surface area contributed by atoms with E-state index in [-0.39, 0.29) is 6.61 Å². The molecular formula is C23H35N3O. The van der Waals surface area contributed by atoms with E-state index < -0.39 is 0 Å². The van der Waals surface area contributed by atoms with E-state index in [1.54, 1.807) is 0 Å². The molecule has 0 amide bonds. The van der Waals surface area contributed by atoms with Gasteiger partial charge in [0.2, 0.25) is 0 Å². The van der Waals surface area contributed by atoms with Crippen LogP contribution in [0.4, 0.5) is 0 Å². The third-order valence-corrected chi connectivity index (χ3v) is 5.31. The molecule has 4 heteroatoms. The number of piperidine rings is 1. The quantitative estimate of drug-likeness (QED) is 0.715. The zero-order valence-corrected chi connectivity index (χ0v) is 17.4. The van der Waals surface area contributed by atoms with Gasteiger partial charge in [-0.25, -0.2) is 0 Å². The van der Waals surface area contributed by atoms with Gasteiger partial charge >= 0.3 is 0 Å². The van der Waals surface area contributed by atoms with Gasteiger partial charge in [-0.05, 0) is 75.8 Å². The average molecular weight is 370 g/mol. The van der Waals surface area contributed by atoms with Crippen LogP contribution in [0.25, 0.3) is 0 Å². The standard InChI is InChI=1S/C21H29N3O.C2H6/c1-16-8-6-12-22-20(16)18-10-5-11-19(24(18)14-3-4-15-25)21-17(2)9-7-13-23-21;1-2/h6-9,12-13,18-19,25H,3-5,10-11,14-15H2,1-2H3;1-2H3. The molecule has 3 heterocycles. The molecule has 1 N–H and O–H groups in total. The van der Waals surface area contributed by atoms with Crippen LogP contribution >= 0.6 is 0 Å². The summed E-state index contributed by atoms with van der Waals surface area (Å²) in [6, 6.07) is 9.00. The van der Waals surface area contributed by atoms with Gasteiger partial charge in [0.15, 0.2) is 0 Å². The fraction of sp³-hybridized carbons (Fsp3) is 0.565. The number of pyridine rings is 2. The lowest BCUT2D eigenvalue weighted by Gasteiger charge is -2.42. The highest BCUT2D eigenvalue weighted by atomic mass is 16.2. The molecule has 0 spiro atoms. The second kappa shape index (κ2) is 11.2. The molecule has 1 fully saturated rings. The van der Waals surface area contributed by atoms with Crippen LogP contribution in [0.5, 0.6) is 0 Å². The van der Waals surface area contributed by atoms with Gasteiger partial charge in [0.25, 0.3) is 0 Å². The third-order valence-electron chi connectivity index (χ3n) is 5.31. The average Bonchev–Trinajstić information content (AvgIpc) is 2.71. The molecule has 0 saturated carbocycles. The SMILES string of the molecule is CC.Cc1cccnc1C1CCCC(c2ncccc2C)N1CCCCO. The van der Waals surface area contributed by atoms with E-state index in [1.165, 1.54) is 28.9 Å². The smallest absolute Gasteiger partial charge is 0.0604 e. The van der Waals surface area contributed by atoms with Crippen molar-refractivity contribution < 1.29 is 5.11 Å². The van der Waals surface area contributed by atoms with Crippen LogP contribution in [0.2, 0.25) is 0 Å². The fourth-order valence-corrected chi connectivity index (χ4v) is 4.05. The number of nitrogens with zero attached hydrogens (tertiary/aromatic N) is 3. The summed E-state index contributed by atoms with van der Waals surface area (Å²) in [5.74, 6) is 0. The van der Waals surface area contributed by atoms with E-state index in [2.05, 4.69) is 30.9 Å². The minimum Gasteiger partial charge on any atom is -0.396 e. The molecule has 2 aromatic heterocycles. The maximum absolute atomic E-state index is 9.21. The van der Waals surface area contributed by atoms with Crippen molar-refractivity contribution in [3.05, 3.63) is 59.2 Å². The molecule has 148 valence electrons. The highest BCUT2D eigenvalue weighted by molar-refractivity contribution is 5.25. The van der Waals surface area contributed by atoms with Gasteiger partial charge in [0.05, 0.1) is 23.5 Å². The van der Waals surface area contributed by atoms with Crippen LogP contribution in [-0.4, -0.2) is 33.1 Å². The number of hydrogen-bond donors (Lipinski definition) is 1. The van der Waals surface area contributed by atoms with E-state index >= 15 is 0 Å². The van der Waals surface area contributed by atoms with Crippen LogP contribution in [0.15, 0.2) is 36.7 Å². The normalized spacial score (nSPS) is 20.0. The first-order chi connectivity index (χ1) is 13.2. The molecule has 0 aromatic carbocycles. The van der Waals surface area contributed by atoms with E-state index in [0.29, 0.717) is 12.1 Å². The summed E-state index contributed by atoms with van der Waals surface area (Å²) in [5, 5.41) is 9.21. The Morgan fingerprint density at radius 3 is 1.89 bits per heavy atom. The molecule has 1 saturated heterocycles. The number of aliphatic hydroxyl groups excluding tert-OH is 1. The molecule has 4 nitrogen and oxygen atoms in total. The Morgan fingerprint density at radius 1 is 0.926 bits per heavy atom. The molecule has 0 bridgehead atoms. The molecule has 2 aromatic rings. The zero-order valence-electron chi connectivity index (χ0n) is 17.4. The predicted molar refractivity (Wildman–Crippen MR) is 112 cm³/mol. The summed E-state index contributed by atoms with van der Waals surface area (Å²) in [4.78, 5) is 12.0. The van der Waals surface area contributed by atoms with E-state index in [9.17, 15) is 5.11 Å². The molecule has 2 atom stereocenters. The summed E-state index contributed by atoms with van der Waals surface area (Å²) >= 11 is 0. The summed E-state index contributed by atoms with van der Waals surface area (Å²) in [6.07, 6.45) is 9.13. The Kier molecular flexibility index (Phi) is 8.89. The second-order valence-electron chi connectivity index (χ2n) is 7.04. The third kappa shape index (κ3) is 5.36. The molecule has 1 aliphatic heterocycles. The minimum absolute atomic E-state index is 0.258. The van der Waals surface area contributed by atoms with Crippen LogP contribution in [0.1, 0.15) is 80.6 Å². The number of aliphatic hydroxyl groups is 1. The van der Waals surface area contributed by atoms with E-state index in [0.717, 1.165) is 32.2 Å². The monoisotopic (exact) mass is 369 g/mol. The Bertz CT molecular complexity index is 635. The Hall–Kier alpha value is -1.78. The molecular weight excluding hydrogens is 334 g/mol. The molecule has 27 heavy (non-hydrogen) atoms. The van der Waals surface area contributed by atoms with Crippen LogP contribution in [0.3, 0.4) is 0 Å². The van der Waals surface area contributed by atoms with Crippen molar-refractivity contribution in [2.75, 3.05) is 13.2 Å². The number of rotatable bonds is 6. The molecule has 2 unspecified atom stereocenters. The molecule has 1 aliphatic rings. The molecule has 3 rings (SSSR count). The summed E-state index contributed by atoms with van der Waals surface area (Å²) in [5.41, 5.74) is 4.92. The number of likely N-dealkylation sites (tertiary alicyclic amines) is 1. The summed E-state index contributed by atoms with van der Waals surface area (Å²) in [6.45, 7) is 9.55. The van der Waals surface area contributed by atoms with Gasteiger partial charge in [-0.3, -0.25) is 14.9 Å². The maximum Gasteiger partial charge on any atom is 0.0604 e. The lowest BCUT2D eigenvalue weighted by atomic mass is 9.88. The lowest BCUT2D eigenvalue weighted by Crippen LogP contribution is -2.38. The predicted octanol–water partition coefficient (Wildman–Crippen LogP) is 5.16. The van der Waals surface area contributed by atoms with Gasteiger partial charge < -0.3 is 5.11 Å². The van der Waals surface area contributed by atoms with Crippen molar-refractivity contribution in [3.8, 4) is 0 Å². The van der Waals surface area contributed by atoms with Crippen molar-refractivity contribution in [2.45, 2.75) is 71.9 Å². The van der Waals surface area contributed by atoms with E-state index in [4.69, 9.17) is 9.97 Å². The number of aromatic nitrogens is 2. The Labute approximate surface area is 164 Å². The summed E-state index contributed by atoms with van der Waals surface area (Å²) in [7, 11) is 0. The highest BCUT2D eigenvalue weighted by Crippen LogP contribution is 2.42. The Balaban J connectivity index is 0.00000126. The minimum atomic E-state index is 0.258. The van der Waals surface area contributed by atoms with Crippen molar-refractivity contribution in [1.29, 1.82) is 0 Å². The Morgan fingerprint density at radius 2 is 1.44 bits per heavy atom. The van der Waals surface area contributed by atoms with Crippen LogP contribution < -0.4 is 0 Å². The fourth-order valence-electron chi connectivity index (χ4n) is 4.05. The van der Waals surface area contributed by atoms with Crippen LogP contribution in [0, 0.1) is 13.8 Å². The van der Waals surface area contributed by atoms with Crippen molar-refractivity contribution in [2.24, 2.45) is 0 Å². The zero-order chi connectivity index (χ0) is 19.6. The number of aryl methyl sites for hydroxylation is 2. The van der Waals surface area contributed by atoms with Gasteiger partial charge in [0, 0.05) is 19.0 Å². The van der Waals surface area contributed by atoms with Gasteiger partial charge in [-0.2, -0.15) is 0 Å². The topological polar surface area (TPSA) is 49.2 Å². The van der Waals surface area contributed by atoms with Crippen LogP contribution in [-0.2, 0) is 0 Å². The van der Waals surface area contributed by atoms with Gasteiger partial charge in [-0.15, -0.1) is 0 Å². The van der Waals surface area contributed by atoms with Crippen molar-refractivity contribution in [1.82, 2.24) is 14.9 Å². The molecule has 0 radical (unpaired) electrons. The first-order valence-electron chi connectivity index (χ1n) is 10.4. The lowest BCUT2D eigenvalue weighted by molar-refractivity contribution is 0.0725. The molecule has 0 aliphatic carbocycles. The van der Waals surface area contributed by atoms with Gasteiger partial charge in [0.1, 0.15) is 0 Å². The van der Waals surface area contributed by atoms with Crippen molar-refractivity contribution in [3.63, 3.8) is 0 Å².